The van der Waals surface area contributed by atoms with Crippen LogP contribution < -0.4 is 4.90 Å². The van der Waals surface area contributed by atoms with Crippen molar-refractivity contribution in [2.75, 3.05) is 31.1 Å². The molecule has 0 bridgehead atoms. The molecular weight excluding hydrogens is 268 g/mol. The lowest BCUT2D eigenvalue weighted by Crippen LogP contribution is -2.39. The van der Waals surface area contributed by atoms with E-state index in [-0.39, 0.29) is 6.09 Å². The molecule has 1 aliphatic rings. The third-order valence-electron chi connectivity index (χ3n) is 3.26. The molecule has 1 aromatic heterocycles. The second-order valence-corrected chi connectivity index (χ2v) is 6.34. The Hall–Kier alpha value is -1.85. The van der Waals surface area contributed by atoms with E-state index >= 15 is 0 Å². The first-order chi connectivity index (χ1) is 9.85. The van der Waals surface area contributed by atoms with E-state index in [1.807, 2.05) is 39.8 Å². The van der Waals surface area contributed by atoms with E-state index in [9.17, 15) is 4.79 Å². The summed E-state index contributed by atoms with van der Waals surface area (Å²) in [4.78, 5) is 16.0. The van der Waals surface area contributed by atoms with Crippen molar-refractivity contribution in [3.05, 3.63) is 17.8 Å². The summed E-state index contributed by atoms with van der Waals surface area (Å²) in [6, 6.07) is 3.93. The van der Waals surface area contributed by atoms with Gasteiger partial charge in [0.25, 0.3) is 0 Å². The Kier molecular flexibility index (Phi) is 4.65. The Morgan fingerprint density at radius 1 is 1.14 bits per heavy atom. The summed E-state index contributed by atoms with van der Waals surface area (Å²) in [5.74, 6) is 0.867. The van der Waals surface area contributed by atoms with Crippen LogP contribution in [0.5, 0.6) is 0 Å². The highest BCUT2D eigenvalue weighted by atomic mass is 16.6. The first-order valence-electron chi connectivity index (χ1n) is 7.38. The maximum absolute atomic E-state index is 12.1. The third-order valence-corrected chi connectivity index (χ3v) is 3.26. The molecule has 0 atom stereocenters. The molecule has 0 radical (unpaired) electrons. The Labute approximate surface area is 126 Å². The van der Waals surface area contributed by atoms with Gasteiger partial charge in [0.05, 0.1) is 5.69 Å². The molecule has 0 N–H and O–H groups in total. The van der Waals surface area contributed by atoms with Crippen LogP contribution in [0.4, 0.5) is 10.6 Å². The predicted octanol–water partition coefficient (Wildman–Crippen LogP) is 2.23. The lowest BCUT2D eigenvalue weighted by atomic mass is 10.2. The number of hydrogen-bond acceptors (Lipinski definition) is 5. The fourth-order valence-electron chi connectivity index (χ4n) is 2.22. The number of ether oxygens (including phenoxy) is 1. The quantitative estimate of drug-likeness (QED) is 0.794. The highest BCUT2D eigenvalue weighted by Gasteiger charge is 2.24. The molecule has 6 nitrogen and oxygen atoms in total. The summed E-state index contributed by atoms with van der Waals surface area (Å²) >= 11 is 0. The number of rotatable bonds is 1. The van der Waals surface area contributed by atoms with E-state index in [2.05, 4.69) is 15.1 Å². The zero-order valence-electron chi connectivity index (χ0n) is 13.3. The standard InChI is InChI=1S/C15H24N4O2/c1-12-6-7-13(17-16-12)18-8-5-9-19(11-10-18)14(20)21-15(2,3)4/h6-7H,5,8-11H2,1-4H3. The first kappa shape index (κ1) is 15.5. The van der Waals surface area contributed by atoms with Crippen molar-refractivity contribution in [3.8, 4) is 0 Å². The summed E-state index contributed by atoms with van der Waals surface area (Å²) < 4.78 is 5.43. The zero-order chi connectivity index (χ0) is 15.5. The molecule has 1 aliphatic heterocycles. The molecule has 21 heavy (non-hydrogen) atoms. The van der Waals surface area contributed by atoms with Gasteiger partial charge in [0.1, 0.15) is 5.60 Å². The highest BCUT2D eigenvalue weighted by Crippen LogP contribution is 2.15. The number of aromatic nitrogens is 2. The second-order valence-electron chi connectivity index (χ2n) is 6.34. The van der Waals surface area contributed by atoms with Crippen LogP contribution in [0.1, 0.15) is 32.9 Å². The number of nitrogens with zero attached hydrogens (tertiary/aromatic N) is 4. The molecule has 0 spiro atoms. The Bertz CT molecular complexity index is 481. The molecule has 1 saturated heterocycles. The molecule has 0 unspecified atom stereocenters. The maximum Gasteiger partial charge on any atom is 0.410 e. The molecule has 1 fully saturated rings. The Morgan fingerprint density at radius 3 is 2.52 bits per heavy atom. The van der Waals surface area contributed by atoms with Gasteiger partial charge in [-0.25, -0.2) is 4.79 Å². The molecule has 0 saturated carbocycles. The molecule has 0 aliphatic carbocycles. The van der Waals surface area contributed by atoms with Gasteiger partial charge in [-0.15, -0.1) is 5.10 Å². The van der Waals surface area contributed by atoms with Crippen LogP contribution in [0.25, 0.3) is 0 Å². The second kappa shape index (κ2) is 6.28. The monoisotopic (exact) mass is 292 g/mol. The van der Waals surface area contributed by atoms with E-state index in [0.29, 0.717) is 13.1 Å². The molecule has 2 rings (SSSR count). The molecule has 6 heteroatoms. The van der Waals surface area contributed by atoms with Crippen LogP contribution in [-0.4, -0.2) is 53.0 Å². The van der Waals surface area contributed by atoms with Gasteiger partial charge in [0.15, 0.2) is 5.82 Å². The van der Waals surface area contributed by atoms with Crippen LogP contribution in [-0.2, 0) is 4.74 Å². The molecule has 116 valence electrons. The lowest BCUT2D eigenvalue weighted by Gasteiger charge is -2.26. The SMILES string of the molecule is Cc1ccc(N2CCCN(C(=O)OC(C)(C)C)CC2)nn1. The van der Waals surface area contributed by atoms with Gasteiger partial charge in [0.2, 0.25) is 0 Å². The van der Waals surface area contributed by atoms with Crippen LogP contribution in [0.3, 0.4) is 0 Å². The van der Waals surface area contributed by atoms with E-state index < -0.39 is 5.60 Å². The van der Waals surface area contributed by atoms with Gasteiger partial charge < -0.3 is 14.5 Å². The van der Waals surface area contributed by atoms with Crippen molar-refractivity contribution in [1.82, 2.24) is 15.1 Å². The molecule has 2 heterocycles. The van der Waals surface area contributed by atoms with Crippen molar-refractivity contribution in [2.45, 2.75) is 39.7 Å². The number of anilines is 1. The van der Waals surface area contributed by atoms with Crippen molar-refractivity contribution >= 4 is 11.9 Å². The first-order valence-corrected chi connectivity index (χ1v) is 7.38. The van der Waals surface area contributed by atoms with E-state index in [1.54, 1.807) is 4.90 Å². The Balaban J connectivity index is 1.95. The number of carbonyl (C=O) groups is 1. The fraction of sp³-hybridized carbons (Fsp3) is 0.667. The van der Waals surface area contributed by atoms with Crippen molar-refractivity contribution in [2.24, 2.45) is 0 Å². The molecule has 1 amide bonds. The molecule has 1 aromatic rings. The van der Waals surface area contributed by atoms with Crippen molar-refractivity contribution in [1.29, 1.82) is 0 Å². The minimum Gasteiger partial charge on any atom is -0.444 e. The van der Waals surface area contributed by atoms with Crippen molar-refractivity contribution < 1.29 is 9.53 Å². The topological polar surface area (TPSA) is 58.6 Å². The average Bonchev–Trinajstić information content (AvgIpc) is 2.63. The zero-order valence-corrected chi connectivity index (χ0v) is 13.3. The highest BCUT2D eigenvalue weighted by molar-refractivity contribution is 5.68. The fourth-order valence-corrected chi connectivity index (χ4v) is 2.22. The largest absolute Gasteiger partial charge is 0.444 e. The normalized spacial score (nSPS) is 16.6. The third kappa shape index (κ3) is 4.58. The average molecular weight is 292 g/mol. The molecule has 0 aromatic carbocycles. The minimum atomic E-state index is -0.453. The van der Waals surface area contributed by atoms with Crippen LogP contribution >= 0.6 is 0 Å². The predicted molar refractivity (Wildman–Crippen MR) is 81.4 cm³/mol. The smallest absolute Gasteiger partial charge is 0.410 e. The Morgan fingerprint density at radius 2 is 1.90 bits per heavy atom. The number of aryl methyl sites for hydroxylation is 1. The van der Waals surface area contributed by atoms with Crippen molar-refractivity contribution in [3.63, 3.8) is 0 Å². The van der Waals surface area contributed by atoms with Crippen LogP contribution in [0.15, 0.2) is 12.1 Å². The summed E-state index contributed by atoms with van der Waals surface area (Å²) in [6.07, 6.45) is 0.661. The van der Waals surface area contributed by atoms with Crippen LogP contribution in [0, 0.1) is 6.92 Å². The maximum atomic E-state index is 12.1. The van der Waals surface area contributed by atoms with Crippen LogP contribution in [0.2, 0.25) is 0 Å². The van der Waals surface area contributed by atoms with Gasteiger partial charge >= 0.3 is 6.09 Å². The lowest BCUT2D eigenvalue weighted by molar-refractivity contribution is 0.0263. The minimum absolute atomic E-state index is 0.237. The van der Waals surface area contributed by atoms with E-state index in [4.69, 9.17) is 4.74 Å². The summed E-state index contributed by atoms with van der Waals surface area (Å²) in [5.41, 5.74) is 0.454. The summed E-state index contributed by atoms with van der Waals surface area (Å²) in [5, 5.41) is 8.30. The van der Waals surface area contributed by atoms with E-state index in [0.717, 1.165) is 31.0 Å². The number of hydrogen-bond donors (Lipinski definition) is 0. The van der Waals surface area contributed by atoms with Gasteiger partial charge in [-0.05, 0) is 46.2 Å². The summed E-state index contributed by atoms with van der Waals surface area (Å²) in [6.45, 7) is 10.6. The summed E-state index contributed by atoms with van der Waals surface area (Å²) in [7, 11) is 0. The van der Waals surface area contributed by atoms with Gasteiger partial charge in [0, 0.05) is 26.2 Å². The van der Waals surface area contributed by atoms with E-state index in [1.165, 1.54) is 0 Å². The van der Waals surface area contributed by atoms with Gasteiger partial charge in [-0.3, -0.25) is 0 Å². The van der Waals surface area contributed by atoms with Gasteiger partial charge in [-0.2, -0.15) is 5.10 Å². The number of amides is 1. The molecular formula is C15H24N4O2. The van der Waals surface area contributed by atoms with Gasteiger partial charge in [-0.1, -0.05) is 0 Å². The number of carbonyl (C=O) groups excluding carboxylic acids is 1.